The van der Waals surface area contributed by atoms with E-state index in [1.54, 1.807) is 12.3 Å². The molecule has 0 atom stereocenters. The number of benzene rings is 1. The summed E-state index contributed by atoms with van der Waals surface area (Å²) in [7, 11) is 1.96. The van der Waals surface area contributed by atoms with E-state index in [0.29, 0.717) is 28.2 Å². The van der Waals surface area contributed by atoms with E-state index in [-0.39, 0.29) is 0 Å². The Morgan fingerprint density at radius 2 is 1.96 bits per heavy atom. The minimum atomic E-state index is 0.324. The van der Waals surface area contributed by atoms with Crippen molar-refractivity contribution in [2.45, 2.75) is 6.54 Å². The third kappa shape index (κ3) is 3.94. The van der Waals surface area contributed by atoms with Crippen LogP contribution in [0.15, 0.2) is 48.9 Å². The van der Waals surface area contributed by atoms with E-state index in [1.807, 2.05) is 42.1 Å². The maximum Gasteiger partial charge on any atom is 0.238 e. The third-order valence-corrected chi connectivity index (χ3v) is 3.69. The van der Waals surface area contributed by atoms with E-state index < -0.39 is 0 Å². The van der Waals surface area contributed by atoms with E-state index in [1.165, 1.54) is 6.20 Å². The van der Waals surface area contributed by atoms with Crippen molar-refractivity contribution in [3.05, 3.63) is 64.8 Å². The SMILES string of the molecule is Cn1ccnc1CNc1ccc(Oc2ncc(Cl)cc2Cl)cc1. The van der Waals surface area contributed by atoms with Crippen LogP contribution in [-0.2, 0) is 13.6 Å². The highest BCUT2D eigenvalue weighted by Gasteiger charge is 2.06. The van der Waals surface area contributed by atoms with Crippen molar-refractivity contribution in [2.24, 2.45) is 7.05 Å². The average Bonchev–Trinajstić information content (AvgIpc) is 2.95. The van der Waals surface area contributed by atoms with Crippen LogP contribution in [0.1, 0.15) is 5.82 Å². The summed E-state index contributed by atoms with van der Waals surface area (Å²) in [4.78, 5) is 8.33. The lowest BCUT2D eigenvalue weighted by Gasteiger charge is -2.09. The first-order valence-corrected chi connectivity index (χ1v) is 7.66. The predicted octanol–water partition coefficient (Wildman–Crippen LogP) is 4.53. The molecule has 0 bridgehead atoms. The molecule has 0 aliphatic heterocycles. The quantitative estimate of drug-likeness (QED) is 0.736. The first kappa shape index (κ1) is 15.6. The fourth-order valence-corrected chi connectivity index (χ4v) is 2.40. The zero-order valence-electron chi connectivity index (χ0n) is 12.3. The molecule has 1 aromatic carbocycles. The number of aryl methyl sites for hydroxylation is 1. The van der Waals surface area contributed by atoms with Gasteiger partial charge in [0.25, 0.3) is 0 Å². The Morgan fingerprint density at radius 3 is 2.61 bits per heavy atom. The molecule has 5 nitrogen and oxygen atoms in total. The zero-order chi connectivity index (χ0) is 16.2. The van der Waals surface area contributed by atoms with Gasteiger partial charge in [-0.3, -0.25) is 0 Å². The van der Waals surface area contributed by atoms with E-state index >= 15 is 0 Å². The number of nitrogens with one attached hydrogen (secondary N) is 1. The largest absolute Gasteiger partial charge is 0.438 e. The Kier molecular flexibility index (Phi) is 4.69. The lowest BCUT2D eigenvalue weighted by Crippen LogP contribution is -2.05. The molecule has 7 heteroatoms. The summed E-state index contributed by atoms with van der Waals surface area (Å²) in [6.07, 6.45) is 5.18. The minimum absolute atomic E-state index is 0.324. The van der Waals surface area contributed by atoms with Crippen molar-refractivity contribution in [2.75, 3.05) is 5.32 Å². The molecule has 1 N–H and O–H groups in total. The van der Waals surface area contributed by atoms with Crippen LogP contribution >= 0.6 is 23.2 Å². The van der Waals surface area contributed by atoms with Crippen LogP contribution in [0, 0.1) is 0 Å². The molecule has 3 rings (SSSR count). The Bertz CT molecular complexity index is 802. The highest BCUT2D eigenvalue weighted by atomic mass is 35.5. The van der Waals surface area contributed by atoms with Gasteiger partial charge in [-0.1, -0.05) is 23.2 Å². The van der Waals surface area contributed by atoms with Crippen LogP contribution in [0.4, 0.5) is 5.69 Å². The number of hydrogen-bond donors (Lipinski definition) is 1. The van der Waals surface area contributed by atoms with E-state index in [0.717, 1.165) is 11.5 Å². The molecule has 0 radical (unpaired) electrons. The van der Waals surface area contributed by atoms with Crippen molar-refractivity contribution in [1.29, 1.82) is 0 Å². The van der Waals surface area contributed by atoms with Gasteiger partial charge in [-0.25, -0.2) is 9.97 Å². The summed E-state index contributed by atoms with van der Waals surface area (Å²) in [6.45, 7) is 0.647. The van der Waals surface area contributed by atoms with Crippen LogP contribution in [0.2, 0.25) is 10.0 Å². The molecule has 3 aromatic rings. The lowest BCUT2D eigenvalue weighted by atomic mass is 10.3. The van der Waals surface area contributed by atoms with E-state index in [2.05, 4.69) is 15.3 Å². The first-order valence-electron chi connectivity index (χ1n) is 6.91. The molecular formula is C16H14Cl2N4O. The molecule has 0 aliphatic rings. The van der Waals surface area contributed by atoms with Gasteiger partial charge in [0.1, 0.15) is 16.6 Å². The number of halogens is 2. The minimum Gasteiger partial charge on any atom is -0.438 e. The van der Waals surface area contributed by atoms with Crippen LogP contribution < -0.4 is 10.1 Å². The summed E-state index contributed by atoms with van der Waals surface area (Å²) in [5, 5.41) is 4.14. The number of nitrogens with zero attached hydrogens (tertiary/aromatic N) is 3. The fourth-order valence-electron chi connectivity index (χ4n) is 1.98. The van der Waals surface area contributed by atoms with Gasteiger partial charge < -0.3 is 14.6 Å². The lowest BCUT2D eigenvalue weighted by molar-refractivity contribution is 0.463. The topological polar surface area (TPSA) is 52.0 Å². The highest BCUT2D eigenvalue weighted by Crippen LogP contribution is 2.29. The van der Waals surface area contributed by atoms with E-state index in [4.69, 9.17) is 27.9 Å². The highest BCUT2D eigenvalue weighted by molar-refractivity contribution is 6.35. The molecule has 0 amide bonds. The molecule has 0 unspecified atom stereocenters. The Morgan fingerprint density at radius 1 is 1.17 bits per heavy atom. The molecular weight excluding hydrogens is 335 g/mol. The normalized spacial score (nSPS) is 10.6. The number of hydrogen-bond acceptors (Lipinski definition) is 4. The number of aromatic nitrogens is 3. The number of imidazole rings is 1. The first-order chi connectivity index (χ1) is 11.1. The van der Waals surface area contributed by atoms with Gasteiger partial charge in [0.05, 0.1) is 11.6 Å². The molecule has 2 aromatic heterocycles. The summed E-state index contributed by atoms with van der Waals surface area (Å²) in [5.41, 5.74) is 0.968. The Hall–Kier alpha value is -2.24. The van der Waals surface area contributed by atoms with Crippen molar-refractivity contribution in [3.63, 3.8) is 0 Å². The number of pyridine rings is 1. The van der Waals surface area contributed by atoms with Crippen molar-refractivity contribution in [1.82, 2.24) is 14.5 Å². The van der Waals surface area contributed by atoms with Crippen LogP contribution in [-0.4, -0.2) is 14.5 Å². The number of ether oxygens (including phenoxy) is 1. The van der Waals surface area contributed by atoms with Gasteiger partial charge in [-0.15, -0.1) is 0 Å². The Labute approximate surface area is 143 Å². The summed E-state index contributed by atoms with van der Waals surface area (Å²) >= 11 is 11.8. The molecule has 0 fully saturated rings. The zero-order valence-corrected chi connectivity index (χ0v) is 13.8. The second-order valence-corrected chi connectivity index (χ2v) is 5.72. The maximum atomic E-state index is 6.04. The second-order valence-electron chi connectivity index (χ2n) is 4.87. The van der Waals surface area contributed by atoms with Crippen LogP contribution in [0.3, 0.4) is 0 Å². The molecule has 0 spiro atoms. The smallest absolute Gasteiger partial charge is 0.238 e. The molecule has 2 heterocycles. The van der Waals surface area contributed by atoms with Crippen LogP contribution in [0.5, 0.6) is 11.6 Å². The average molecular weight is 349 g/mol. The van der Waals surface area contributed by atoms with Crippen LogP contribution in [0.25, 0.3) is 0 Å². The fraction of sp³-hybridized carbons (Fsp3) is 0.125. The molecule has 0 aliphatic carbocycles. The van der Waals surface area contributed by atoms with Gasteiger partial charge in [0.2, 0.25) is 5.88 Å². The molecule has 23 heavy (non-hydrogen) atoms. The monoisotopic (exact) mass is 348 g/mol. The molecule has 0 saturated carbocycles. The van der Waals surface area contributed by atoms with Gasteiger partial charge in [0, 0.05) is 31.3 Å². The maximum absolute atomic E-state index is 6.04. The second kappa shape index (κ2) is 6.89. The van der Waals surface area contributed by atoms with Crippen molar-refractivity contribution >= 4 is 28.9 Å². The molecule has 0 saturated heterocycles. The number of rotatable bonds is 5. The molecule has 118 valence electrons. The van der Waals surface area contributed by atoms with Gasteiger partial charge in [-0.05, 0) is 30.3 Å². The van der Waals surface area contributed by atoms with Crippen molar-refractivity contribution in [3.8, 4) is 11.6 Å². The Balaban J connectivity index is 1.64. The summed E-state index contributed by atoms with van der Waals surface area (Å²) in [5.74, 6) is 1.93. The van der Waals surface area contributed by atoms with Gasteiger partial charge >= 0.3 is 0 Å². The van der Waals surface area contributed by atoms with Crippen molar-refractivity contribution < 1.29 is 4.74 Å². The van der Waals surface area contributed by atoms with Gasteiger partial charge in [-0.2, -0.15) is 0 Å². The summed E-state index contributed by atoms with van der Waals surface area (Å²) in [6, 6.07) is 9.11. The summed E-state index contributed by atoms with van der Waals surface area (Å²) < 4.78 is 7.61. The predicted molar refractivity (Wildman–Crippen MR) is 91.3 cm³/mol. The van der Waals surface area contributed by atoms with E-state index in [9.17, 15) is 0 Å². The standard InChI is InChI=1S/C16H14Cl2N4O/c1-22-7-6-19-15(22)10-20-12-2-4-13(5-3-12)23-16-14(18)8-11(17)9-21-16/h2-9,20H,10H2,1H3. The number of anilines is 1. The third-order valence-electron chi connectivity index (χ3n) is 3.21. The van der Waals surface area contributed by atoms with Gasteiger partial charge in [0.15, 0.2) is 0 Å².